The lowest BCUT2D eigenvalue weighted by atomic mass is 10.1. The van der Waals surface area contributed by atoms with E-state index < -0.39 is 0 Å². The number of hydrogen-bond acceptors (Lipinski definition) is 6. The predicted octanol–water partition coefficient (Wildman–Crippen LogP) is 4.39. The lowest BCUT2D eigenvalue weighted by Crippen LogP contribution is -2.32. The lowest BCUT2D eigenvalue weighted by Gasteiger charge is -2.21. The van der Waals surface area contributed by atoms with Gasteiger partial charge in [0, 0.05) is 12.1 Å². The van der Waals surface area contributed by atoms with E-state index in [-0.39, 0.29) is 18.9 Å². The van der Waals surface area contributed by atoms with Gasteiger partial charge in [0.1, 0.15) is 11.5 Å². The van der Waals surface area contributed by atoms with Crippen LogP contribution in [0, 0.1) is 0 Å². The zero-order valence-corrected chi connectivity index (χ0v) is 18.0. The van der Waals surface area contributed by atoms with Crippen molar-refractivity contribution in [3.05, 3.63) is 58.9 Å². The van der Waals surface area contributed by atoms with Gasteiger partial charge in [-0.1, -0.05) is 30.7 Å². The van der Waals surface area contributed by atoms with Crippen molar-refractivity contribution in [3.63, 3.8) is 0 Å². The van der Waals surface area contributed by atoms with Crippen LogP contribution in [0.4, 0.5) is 0 Å². The molecule has 7 nitrogen and oxygen atoms in total. The van der Waals surface area contributed by atoms with Gasteiger partial charge in [0.05, 0.1) is 37.8 Å². The molecule has 0 radical (unpaired) electrons. The van der Waals surface area contributed by atoms with Crippen LogP contribution in [-0.2, 0) is 17.8 Å². The molecule has 1 amide bonds. The Bertz CT molecular complexity index is 1010. The van der Waals surface area contributed by atoms with Crippen LogP contribution in [0.1, 0.15) is 24.8 Å². The van der Waals surface area contributed by atoms with E-state index in [1.807, 2.05) is 31.2 Å². The minimum Gasteiger partial charge on any atom is -0.497 e. The van der Waals surface area contributed by atoms with Gasteiger partial charge in [-0.05, 0) is 36.8 Å². The Labute approximate surface area is 180 Å². The first kappa shape index (κ1) is 21.6. The molecular formula is C22H24ClN3O4. The van der Waals surface area contributed by atoms with Crippen LogP contribution >= 0.6 is 11.6 Å². The Balaban J connectivity index is 1.77. The van der Waals surface area contributed by atoms with Crippen LogP contribution in [0.25, 0.3) is 11.5 Å². The number of hydrogen-bond donors (Lipinski definition) is 0. The molecule has 0 atom stereocenters. The summed E-state index contributed by atoms with van der Waals surface area (Å²) in [5.41, 5.74) is 1.41. The van der Waals surface area contributed by atoms with Gasteiger partial charge in [0.2, 0.25) is 17.7 Å². The second kappa shape index (κ2) is 10.1. The maximum atomic E-state index is 13.0. The standard InChI is InChI=1S/C22H24ClN3O4/c1-4-11-26(21(27)13-15-12-16(28-2)9-10-19(15)29-3)14-20-24-25-22(30-20)17-7-5-6-8-18(17)23/h5-10,12H,4,11,13-14H2,1-3H3. The summed E-state index contributed by atoms with van der Waals surface area (Å²) in [6.45, 7) is 2.79. The number of nitrogens with zero attached hydrogens (tertiary/aromatic N) is 3. The van der Waals surface area contributed by atoms with Gasteiger partial charge in [0.25, 0.3) is 0 Å². The SMILES string of the molecule is CCCN(Cc1nnc(-c2ccccc2Cl)o1)C(=O)Cc1cc(OC)ccc1OC. The van der Waals surface area contributed by atoms with Crippen LogP contribution in [0.3, 0.4) is 0 Å². The normalized spacial score (nSPS) is 10.7. The van der Waals surface area contributed by atoms with Gasteiger partial charge < -0.3 is 18.8 Å². The second-order valence-corrected chi connectivity index (χ2v) is 7.06. The molecule has 0 unspecified atom stereocenters. The largest absolute Gasteiger partial charge is 0.497 e. The summed E-state index contributed by atoms with van der Waals surface area (Å²) in [6.07, 6.45) is 0.971. The average molecular weight is 430 g/mol. The third-order valence-electron chi connectivity index (χ3n) is 4.57. The average Bonchev–Trinajstić information content (AvgIpc) is 3.22. The molecular weight excluding hydrogens is 406 g/mol. The number of carbonyl (C=O) groups is 1. The van der Waals surface area contributed by atoms with Crippen molar-refractivity contribution in [1.82, 2.24) is 15.1 Å². The monoisotopic (exact) mass is 429 g/mol. The molecule has 30 heavy (non-hydrogen) atoms. The quantitative estimate of drug-likeness (QED) is 0.502. The van der Waals surface area contributed by atoms with Gasteiger partial charge in [-0.25, -0.2) is 0 Å². The summed E-state index contributed by atoms with van der Waals surface area (Å²) in [6, 6.07) is 12.6. The Morgan fingerprint density at radius 1 is 1.13 bits per heavy atom. The van der Waals surface area contributed by atoms with Crippen molar-refractivity contribution in [1.29, 1.82) is 0 Å². The Hall–Kier alpha value is -3.06. The minimum atomic E-state index is -0.0686. The number of halogens is 1. The molecule has 0 aliphatic rings. The van der Waals surface area contributed by atoms with Crippen molar-refractivity contribution in [2.45, 2.75) is 26.3 Å². The first-order valence-corrected chi connectivity index (χ1v) is 9.99. The molecule has 1 aromatic heterocycles. The van der Waals surface area contributed by atoms with E-state index in [9.17, 15) is 4.79 Å². The van der Waals surface area contributed by atoms with E-state index in [4.69, 9.17) is 25.5 Å². The van der Waals surface area contributed by atoms with Gasteiger partial charge in [-0.2, -0.15) is 0 Å². The number of amides is 1. The van der Waals surface area contributed by atoms with E-state index in [1.165, 1.54) is 0 Å². The fourth-order valence-electron chi connectivity index (χ4n) is 3.08. The molecule has 3 aromatic rings. The molecule has 0 saturated heterocycles. The number of rotatable bonds is 9. The molecule has 0 bridgehead atoms. The third-order valence-corrected chi connectivity index (χ3v) is 4.90. The third kappa shape index (κ3) is 5.10. The molecule has 3 rings (SSSR count). The fraction of sp³-hybridized carbons (Fsp3) is 0.318. The van der Waals surface area contributed by atoms with Crippen molar-refractivity contribution in [2.75, 3.05) is 20.8 Å². The molecule has 0 saturated carbocycles. The highest BCUT2D eigenvalue weighted by molar-refractivity contribution is 6.33. The van der Waals surface area contributed by atoms with Crippen molar-refractivity contribution >= 4 is 17.5 Å². The molecule has 0 spiro atoms. The Morgan fingerprint density at radius 3 is 2.63 bits per heavy atom. The van der Waals surface area contributed by atoms with Crippen molar-refractivity contribution in [2.24, 2.45) is 0 Å². The summed E-state index contributed by atoms with van der Waals surface area (Å²) in [5, 5.41) is 8.70. The fourth-order valence-corrected chi connectivity index (χ4v) is 3.30. The molecule has 8 heteroatoms. The highest BCUT2D eigenvalue weighted by atomic mass is 35.5. The Kier molecular flexibility index (Phi) is 7.30. The highest BCUT2D eigenvalue weighted by Crippen LogP contribution is 2.27. The van der Waals surface area contributed by atoms with Crippen LogP contribution in [0.2, 0.25) is 5.02 Å². The van der Waals surface area contributed by atoms with E-state index in [0.717, 1.165) is 12.0 Å². The number of ether oxygens (including phenoxy) is 2. The van der Waals surface area contributed by atoms with E-state index in [0.29, 0.717) is 40.4 Å². The number of aromatic nitrogens is 2. The molecule has 0 fully saturated rings. The number of carbonyl (C=O) groups excluding carboxylic acids is 1. The number of methoxy groups -OCH3 is 2. The number of benzene rings is 2. The van der Waals surface area contributed by atoms with E-state index in [1.54, 1.807) is 37.3 Å². The summed E-state index contributed by atoms with van der Waals surface area (Å²) >= 11 is 6.20. The summed E-state index contributed by atoms with van der Waals surface area (Å²) in [4.78, 5) is 14.7. The Morgan fingerprint density at radius 2 is 1.93 bits per heavy atom. The molecule has 0 N–H and O–H groups in total. The smallest absolute Gasteiger partial charge is 0.249 e. The van der Waals surface area contributed by atoms with Crippen molar-refractivity contribution < 1.29 is 18.7 Å². The van der Waals surface area contributed by atoms with Crippen LogP contribution in [0.5, 0.6) is 11.5 Å². The first-order valence-electron chi connectivity index (χ1n) is 9.61. The molecule has 1 heterocycles. The van der Waals surface area contributed by atoms with Crippen LogP contribution in [-0.4, -0.2) is 41.8 Å². The van der Waals surface area contributed by atoms with E-state index >= 15 is 0 Å². The summed E-state index contributed by atoms with van der Waals surface area (Å²) in [5.74, 6) is 1.92. The van der Waals surface area contributed by atoms with Crippen molar-refractivity contribution in [3.8, 4) is 23.0 Å². The van der Waals surface area contributed by atoms with E-state index in [2.05, 4.69) is 10.2 Å². The first-order chi connectivity index (χ1) is 14.5. The topological polar surface area (TPSA) is 77.7 Å². The van der Waals surface area contributed by atoms with Gasteiger partial charge >= 0.3 is 0 Å². The lowest BCUT2D eigenvalue weighted by molar-refractivity contribution is -0.131. The zero-order valence-electron chi connectivity index (χ0n) is 17.2. The molecule has 2 aromatic carbocycles. The summed E-state index contributed by atoms with van der Waals surface area (Å²) in [7, 11) is 3.16. The molecule has 0 aliphatic heterocycles. The highest BCUT2D eigenvalue weighted by Gasteiger charge is 2.20. The predicted molar refractivity (Wildman–Crippen MR) is 114 cm³/mol. The maximum Gasteiger partial charge on any atom is 0.249 e. The van der Waals surface area contributed by atoms with Crippen LogP contribution < -0.4 is 9.47 Å². The molecule has 0 aliphatic carbocycles. The maximum absolute atomic E-state index is 13.0. The van der Waals surface area contributed by atoms with Crippen LogP contribution in [0.15, 0.2) is 46.9 Å². The molecule has 158 valence electrons. The second-order valence-electron chi connectivity index (χ2n) is 6.65. The van der Waals surface area contributed by atoms with Gasteiger partial charge in [0.15, 0.2) is 0 Å². The van der Waals surface area contributed by atoms with Gasteiger partial charge in [-0.15, -0.1) is 10.2 Å². The minimum absolute atomic E-state index is 0.0686. The van der Waals surface area contributed by atoms with Gasteiger partial charge in [-0.3, -0.25) is 4.79 Å². The zero-order chi connectivity index (χ0) is 21.5. The summed E-state index contributed by atoms with van der Waals surface area (Å²) < 4.78 is 16.4.